The van der Waals surface area contributed by atoms with Crippen LogP contribution in [0.25, 0.3) is 10.8 Å². The van der Waals surface area contributed by atoms with E-state index in [2.05, 4.69) is 10.3 Å². The van der Waals surface area contributed by atoms with Crippen molar-refractivity contribution in [2.24, 2.45) is 0 Å². The largest absolute Gasteiger partial charge is 0.390 e. The summed E-state index contributed by atoms with van der Waals surface area (Å²) in [5.41, 5.74) is 1.07. The molecule has 0 bridgehead atoms. The molecular weight excluding hydrogens is 466 g/mol. The molecule has 9 heteroatoms. The van der Waals surface area contributed by atoms with Gasteiger partial charge in [0.2, 0.25) is 10.0 Å². The maximum Gasteiger partial charge on any atom is 0.270 e. The zero-order valence-corrected chi connectivity index (χ0v) is 20.9. The number of sulfonamides is 1. The first-order valence-electron chi connectivity index (χ1n) is 11.4. The second-order valence-corrected chi connectivity index (χ2v) is 11.3. The lowest BCUT2D eigenvalue weighted by Gasteiger charge is -2.30. The maximum absolute atomic E-state index is 13.3. The molecule has 35 heavy (non-hydrogen) atoms. The minimum absolute atomic E-state index is 0.212. The van der Waals surface area contributed by atoms with Crippen molar-refractivity contribution in [3.63, 3.8) is 0 Å². The van der Waals surface area contributed by atoms with Gasteiger partial charge in [-0.2, -0.15) is 4.31 Å². The predicted octanol–water partition coefficient (Wildman–Crippen LogP) is 2.57. The lowest BCUT2D eigenvalue weighted by Crippen LogP contribution is -2.52. The van der Waals surface area contributed by atoms with Crippen LogP contribution in [0.1, 0.15) is 36.8 Å². The number of aliphatic hydroxyl groups excluding tert-OH is 1. The molecule has 3 aromatic rings. The number of rotatable bonds is 11. The number of amides is 1. The number of nitrogens with zero attached hydrogens (tertiary/aromatic N) is 2. The van der Waals surface area contributed by atoms with Crippen LogP contribution < -0.4 is 5.32 Å². The zero-order chi connectivity index (χ0) is 25.6. The summed E-state index contributed by atoms with van der Waals surface area (Å²) in [5, 5.41) is 14.8. The van der Waals surface area contributed by atoms with E-state index in [-0.39, 0.29) is 31.0 Å². The second-order valence-electron chi connectivity index (χ2n) is 8.81. The van der Waals surface area contributed by atoms with Crippen LogP contribution in [0.5, 0.6) is 0 Å². The summed E-state index contributed by atoms with van der Waals surface area (Å²) in [6, 6.07) is 17.6. The Hall–Kier alpha value is -3.14. The zero-order valence-electron chi connectivity index (χ0n) is 20.1. The fourth-order valence-corrected chi connectivity index (χ4v) is 5.15. The average Bonchev–Trinajstić information content (AvgIpc) is 2.83. The van der Waals surface area contributed by atoms with E-state index in [1.165, 1.54) is 20.8 Å². The van der Waals surface area contributed by atoms with Gasteiger partial charge in [0.05, 0.1) is 23.9 Å². The van der Waals surface area contributed by atoms with Gasteiger partial charge in [0.15, 0.2) is 0 Å². The van der Waals surface area contributed by atoms with Crippen LogP contribution in [0.2, 0.25) is 0 Å². The third kappa shape index (κ3) is 6.72. The normalized spacial score (nSPS) is 13.7. The second kappa shape index (κ2) is 11.5. The van der Waals surface area contributed by atoms with Crippen LogP contribution in [-0.4, -0.2) is 65.0 Å². The average molecular weight is 498 g/mol. The van der Waals surface area contributed by atoms with Crippen molar-refractivity contribution in [2.75, 3.05) is 13.1 Å². The van der Waals surface area contributed by atoms with E-state index in [1.807, 2.05) is 48.5 Å². The number of nitrogens with one attached hydrogen (secondary N) is 1. The SMILES string of the molecule is CC(=O)CN(C[C@@H](O)[C@H](Cc1ccccc1)NC(=O)c1nccc2ccccc12)S(=O)(=O)C(C)C. The molecule has 0 saturated carbocycles. The van der Waals surface area contributed by atoms with Crippen molar-refractivity contribution in [1.82, 2.24) is 14.6 Å². The number of pyridine rings is 1. The summed E-state index contributed by atoms with van der Waals surface area (Å²) in [5.74, 6) is -0.823. The summed E-state index contributed by atoms with van der Waals surface area (Å²) < 4.78 is 26.7. The molecule has 8 nitrogen and oxygen atoms in total. The number of aromatic nitrogens is 1. The van der Waals surface area contributed by atoms with Crippen LogP contribution >= 0.6 is 0 Å². The first kappa shape index (κ1) is 26.5. The number of carbonyl (C=O) groups excluding carboxylic acids is 2. The molecule has 0 spiro atoms. The summed E-state index contributed by atoms with van der Waals surface area (Å²) in [7, 11) is -3.82. The molecule has 2 atom stereocenters. The number of benzene rings is 2. The van der Waals surface area contributed by atoms with E-state index in [1.54, 1.807) is 18.3 Å². The topological polar surface area (TPSA) is 117 Å². The lowest BCUT2D eigenvalue weighted by atomic mass is 10.0. The highest BCUT2D eigenvalue weighted by molar-refractivity contribution is 7.89. The van der Waals surface area contributed by atoms with Gasteiger partial charge in [0.1, 0.15) is 11.5 Å². The molecular formula is C26H31N3O5S. The summed E-state index contributed by atoms with van der Waals surface area (Å²) in [4.78, 5) is 29.3. The molecule has 0 aliphatic heterocycles. The van der Waals surface area contributed by atoms with Crippen LogP contribution in [-0.2, 0) is 21.2 Å². The molecule has 0 unspecified atom stereocenters. The predicted molar refractivity (Wildman–Crippen MR) is 135 cm³/mol. The van der Waals surface area contributed by atoms with Gasteiger partial charge >= 0.3 is 0 Å². The standard InChI is InChI=1S/C26H31N3O5S/c1-18(2)35(33,34)29(16-19(3)30)17-24(31)23(15-20-9-5-4-6-10-20)28-26(32)25-22-12-8-7-11-21(22)13-14-27-25/h4-14,18,23-24,31H,15-17H2,1-3H3,(H,28,32)/t23-,24+/m0/s1. The number of fused-ring (bicyclic) bond motifs is 1. The Bertz CT molecular complexity index is 1270. The summed E-state index contributed by atoms with van der Waals surface area (Å²) >= 11 is 0. The highest BCUT2D eigenvalue weighted by Crippen LogP contribution is 2.18. The number of carbonyl (C=O) groups is 2. The molecule has 0 fully saturated rings. The molecule has 2 N–H and O–H groups in total. The Morgan fingerprint density at radius 3 is 2.34 bits per heavy atom. The van der Waals surface area contributed by atoms with Crippen molar-refractivity contribution < 1.29 is 23.1 Å². The Kier molecular flexibility index (Phi) is 8.71. The van der Waals surface area contributed by atoms with Gasteiger partial charge in [0.25, 0.3) is 5.91 Å². The molecule has 0 aliphatic carbocycles. The molecule has 2 aromatic carbocycles. The number of hydrogen-bond acceptors (Lipinski definition) is 6. The quantitative estimate of drug-likeness (QED) is 0.421. The Morgan fingerprint density at radius 1 is 1.03 bits per heavy atom. The molecule has 1 amide bonds. The minimum Gasteiger partial charge on any atom is -0.390 e. The van der Waals surface area contributed by atoms with Crippen LogP contribution in [0.15, 0.2) is 66.9 Å². The highest BCUT2D eigenvalue weighted by atomic mass is 32.2. The number of Topliss-reactive ketones (excluding diaryl/α,β-unsaturated/α-hetero) is 1. The third-order valence-corrected chi connectivity index (χ3v) is 7.90. The Balaban J connectivity index is 1.91. The van der Waals surface area contributed by atoms with Crippen molar-refractivity contribution in [3.8, 4) is 0 Å². The first-order chi connectivity index (χ1) is 16.6. The Labute approximate surface area is 206 Å². The fraction of sp³-hybridized carbons (Fsp3) is 0.346. The van der Waals surface area contributed by atoms with E-state index < -0.39 is 33.3 Å². The molecule has 1 heterocycles. The van der Waals surface area contributed by atoms with Gasteiger partial charge in [-0.3, -0.25) is 14.6 Å². The van der Waals surface area contributed by atoms with Crippen molar-refractivity contribution in [1.29, 1.82) is 0 Å². The molecule has 186 valence electrons. The van der Waals surface area contributed by atoms with Crippen LogP contribution in [0.4, 0.5) is 0 Å². The van der Waals surface area contributed by atoms with Crippen LogP contribution in [0.3, 0.4) is 0 Å². The van der Waals surface area contributed by atoms with Gasteiger partial charge in [-0.15, -0.1) is 0 Å². The molecule has 3 rings (SSSR count). The van der Waals surface area contributed by atoms with Gasteiger partial charge < -0.3 is 10.4 Å². The van der Waals surface area contributed by atoms with E-state index in [0.717, 1.165) is 15.3 Å². The number of hydrogen-bond donors (Lipinski definition) is 2. The minimum atomic E-state index is -3.82. The van der Waals surface area contributed by atoms with E-state index in [0.29, 0.717) is 5.39 Å². The maximum atomic E-state index is 13.3. The van der Waals surface area contributed by atoms with Crippen LogP contribution in [0, 0.1) is 0 Å². The molecule has 0 saturated heterocycles. The molecule has 1 aromatic heterocycles. The van der Waals surface area contributed by atoms with Crippen molar-refractivity contribution in [3.05, 3.63) is 78.1 Å². The van der Waals surface area contributed by atoms with Crippen molar-refractivity contribution >= 4 is 32.5 Å². The van der Waals surface area contributed by atoms with Gasteiger partial charge in [-0.05, 0) is 44.2 Å². The monoisotopic (exact) mass is 497 g/mol. The van der Waals surface area contributed by atoms with E-state index >= 15 is 0 Å². The first-order valence-corrected chi connectivity index (χ1v) is 12.9. The smallest absolute Gasteiger partial charge is 0.270 e. The van der Waals surface area contributed by atoms with Gasteiger partial charge in [0, 0.05) is 18.1 Å². The van der Waals surface area contributed by atoms with E-state index in [9.17, 15) is 23.1 Å². The van der Waals surface area contributed by atoms with E-state index in [4.69, 9.17) is 0 Å². The molecule has 0 aliphatic rings. The number of aliphatic hydroxyl groups is 1. The lowest BCUT2D eigenvalue weighted by molar-refractivity contribution is -0.117. The third-order valence-electron chi connectivity index (χ3n) is 5.71. The summed E-state index contributed by atoms with van der Waals surface area (Å²) in [6.07, 6.45) is 0.527. The number of ketones is 1. The molecule has 0 radical (unpaired) electrons. The fourth-order valence-electron chi connectivity index (χ4n) is 3.83. The Morgan fingerprint density at radius 2 is 1.69 bits per heavy atom. The summed E-state index contributed by atoms with van der Waals surface area (Å²) in [6.45, 7) is 3.65. The van der Waals surface area contributed by atoms with Gasteiger partial charge in [-0.1, -0.05) is 54.6 Å². The van der Waals surface area contributed by atoms with Crippen molar-refractivity contribution in [2.45, 2.75) is 44.6 Å². The van der Waals surface area contributed by atoms with Gasteiger partial charge in [-0.25, -0.2) is 8.42 Å². The highest BCUT2D eigenvalue weighted by Gasteiger charge is 2.32.